The summed E-state index contributed by atoms with van der Waals surface area (Å²) in [6, 6.07) is 7.35. The molecule has 0 unspecified atom stereocenters. The first kappa shape index (κ1) is 29.9. The highest BCUT2D eigenvalue weighted by Crippen LogP contribution is 2.29. The lowest BCUT2D eigenvalue weighted by atomic mass is 10.0. The van der Waals surface area contributed by atoms with Crippen molar-refractivity contribution in [3.8, 4) is 11.1 Å². The van der Waals surface area contributed by atoms with Gasteiger partial charge in [-0.05, 0) is 30.2 Å². The van der Waals surface area contributed by atoms with Crippen molar-refractivity contribution in [2.24, 2.45) is 16.8 Å². The third kappa shape index (κ3) is 6.80. The fraction of sp³-hybridized carbons (Fsp3) is 0.407. The van der Waals surface area contributed by atoms with E-state index < -0.39 is 36.1 Å². The molecule has 0 spiro atoms. The summed E-state index contributed by atoms with van der Waals surface area (Å²) in [6.07, 6.45) is 4.55. The zero-order valence-corrected chi connectivity index (χ0v) is 23.4. The molecule has 218 valence electrons. The number of esters is 1. The minimum Gasteiger partial charge on any atom is -0.460 e. The summed E-state index contributed by atoms with van der Waals surface area (Å²) < 4.78 is 27.4. The van der Waals surface area contributed by atoms with E-state index in [-0.39, 0.29) is 31.5 Å². The van der Waals surface area contributed by atoms with Crippen molar-refractivity contribution in [3.05, 3.63) is 60.4 Å². The summed E-state index contributed by atoms with van der Waals surface area (Å²) in [5.74, 6) is -0.943. The van der Waals surface area contributed by atoms with E-state index in [9.17, 15) is 9.59 Å². The van der Waals surface area contributed by atoms with E-state index in [4.69, 9.17) is 20.0 Å². The van der Waals surface area contributed by atoms with Crippen LogP contribution in [0.4, 0.5) is 14.9 Å². The average Bonchev–Trinajstić information content (AvgIpc) is 3.73. The number of pyridine rings is 1. The second kappa shape index (κ2) is 13.0. The summed E-state index contributed by atoms with van der Waals surface area (Å²) in [5, 5.41) is 11.7. The van der Waals surface area contributed by atoms with Crippen molar-refractivity contribution in [2.75, 3.05) is 18.1 Å². The van der Waals surface area contributed by atoms with Gasteiger partial charge in [0.05, 0.1) is 30.7 Å². The maximum atomic E-state index is 15.1. The third-order valence-electron chi connectivity index (χ3n) is 7.04. The quantitative estimate of drug-likeness (QED) is 0.353. The molecule has 1 aromatic carbocycles. The normalized spacial score (nSPS) is 19.6. The number of nitrogens with two attached hydrogens (primary N) is 1. The first-order chi connectivity index (χ1) is 19.3. The summed E-state index contributed by atoms with van der Waals surface area (Å²) in [4.78, 5) is 35.7. The van der Waals surface area contributed by atoms with E-state index in [1.807, 2.05) is 13.8 Å². The van der Waals surface area contributed by atoms with Crippen LogP contribution in [0.5, 0.6) is 0 Å². The molecule has 1 saturated heterocycles. The predicted molar refractivity (Wildman–Crippen MR) is 149 cm³/mol. The first-order valence-electron chi connectivity index (χ1n) is 13.1. The Morgan fingerprint density at radius 2 is 2.10 bits per heavy atom. The summed E-state index contributed by atoms with van der Waals surface area (Å²) in [5.41, 5.74) is 8.38. The van der Waals surface area contributed by atoms with Crippen LogP contribution in [0, 0.1) is 11.7 Å². The molecule has 2 aliphatic heterocycles. The summed E-state index contributed by atoms with van der Waals surface area (Å²) in [7, 11) is 0. The number of benzene rings is 1. The van der Waals surface area contributed by atoms with Crippen molar-refractivity contribution < 1.29 is 28.3 Å². The van der Waals surface area contributed by atoms with Crippen LogP contribution in [0.15, 0.2) is 54.1 Å². The average molecular weight is 588 g/mol. The second-order valence-corrected chi connectivity index (χ2v) is 9.85. The van der Waals surface area contributed by atoms with Crippen molar-refractivity contribution in [1.82, 2.24) is 20.0 Å². The van der Waals surface area contributed by atoms with Gasteiger partial charge in [-0.1, -0.05) is 36.7 Å². The number of ether oxygens (including phenoxy) is 2. The van der Waals surface area contributed by atoms with Crippen molar-refractivity contribution in [3.63, 3.8) is 0 Å². The number of amides is 1. The smallest absolute Gasteiger partial charge is 0.414 e. The van der Waals surface area contributed by atoms with Gasteiger partial charge >= 0.3 is 12.1 Å². The Kier molecular flexibility index (Phi) is 9.50. The number of halogens is 2. The molecule has 2 N–H and O–H groups in total. The fourth-order valence-corrected chi connectivity index (χ4v) is 4.42. The van der Waals surface area contributed by atoms with E-state index >= 15 is 4.39 Å². The number of hydrogen-bond acceptors (Lipinski definition) is 10. The number of hydrogen-bond donors (Lipinski definition) is 1. The molecule has 4 heterocycles. The molecule has 0 aliphatic carbocycles. The maximum Gasteiger partial charge on any atom is 0.414 e. The van der Waals surface area contributed by atoms with E-state index in [2.05, 4.69) is 20.5 Å². The van der Waals surface area contributed by atoms with Crippen LogP contribution >= 0.6 is 12.4 Å². The number of carbonyl (C=O) groups excluding carboxylic acids is 2. The van der Waals surface area contributed by atoms with Gasteiger partial charge in [0, 0.05) is 29.9 Å². The monoisotopic (exact) mass is 587 g/mol. The molecular weight excluding hydrogens is 557 g/mol. The molecule has 2 aliphatic rings. The van der Waals surface area contributed by atoms with Gasteiger partial charge in [-0.15, -0.1) is 17.5 Å². The first-order valence-corrected chi connectivity index (χ1v) is 13.1. The standard InChI is InChI=1S/C27H30FN7O5.ClH/c1-3-16(2)25(29)26(36)38-15-19-11-24(32-40-19)23-7-4-17(12-30-23)21-6-5-18(10-22(21)28)35-14-20(39-27(35)37)13-34-9-8-31-33-34;/h4-10,12,16,19-20,25H,3,11,13-15,29H2,1-2H3;1H/t16-,19-,20-,25-;/m0./s1. The number of oxime groups is 1. The Balaban J connectivity index is 0.00000387. The third-order valence-corrected chi connectivity index (χ3v) is 7.04. The molecule has 14 heteroatoms. The maximum absolute atomic E-state index is 15.1. The largest absolute Gasteiger partial charge is 0.460 e. The van der Waals surface area contributed by atoms with Crippen molar-refractivity contribution in [1.29, 1.82) is 0 Å². The molecule has 41 heavy (non-hydrogen) atoms. The Morgan fingerprint density at radius 1 is 1.27 bits per heavy atom. The Bertz CT molecular complexity index is 1390. The van der Waals surface area contributed by atoms with Crippen LogP contribution in [-0.4, -0.2) is 69.2 Å². The van der Waals surface area contributed by atoms with Gasteiger partial charge in [-0.25, -0.2) is 13.9 Å². The molecule has 0 radical (unpaired) electrons. The van der Waals surface area contributed by atoms with Crippen LogP contribution in [0.25, 0.3) is 11.1 Å². The molecule has 1 amide bonds. The Hall–Kier alpha value is -4.10. The van der Waals surface area contributed by atoms with Crippen LogP contribution in [-0.2, 0) is 25.7 Å². The molecule has 4 atom stereocenters. The van der Waals surface area contributed by atoms with Gasteiger partial charge < -0.3 is 20.0 Å². The molecule has 1 fully saturated rings. The van der Waals surface area contributed by atoms with Gasteiger partial charge in [0.15, 0.2) is 6.10 Å². The van der Waals surface area contributed by atoms with Crippen molar-refractivity contribution >= 4 is 35.9 Å². The number of cyclic esters (lactones) is 1. The zero-order valence-electron chi connectivity index (χ0n) is 22.6. The molecule has 12 nitrogen and oxygen atoms in total. The molecule has 3 aromatic rings. The summed E-state index contributed by atoms with van der Waals surface area (Å²) in [6.45, 7) is 4.52. The lowest BCUT2D eigenvalue weighted by Gasteiger charge is -2.17. The van der Waals surface area contributed by atoms with Crippen LogP contribution in [0.1, 0.15) is 32.4 Å². The molecule has 5 rings (SSSR count). The van der Waals surface area contributed by atoms with E-state index in [1.54, 1.807) is 47.5 Å². The van der Waals surface area contributed by atoms with E-state index in [1.165, 1.54) is 11.0 Å². The van der Waals surface area contributed by atoms with Gasteiger partial charge in [0.1, 0.15) is 30.3 Å². The van der Waals surface area contributed by atoms with Crippen molar-refractivity contribution in [2.45, 2.75) is 51.5 Å². The van der Waals surface area contributed by atoms with Crippen LogP contribution < -0.4 is 10.6 Å². The van der Waals surface area contributed by atoms with E-state index in [0.29, 0.717) is 41.2 Å². The minimum absolute atomic E-state index is 0. The van der Waals surface area contributed by atoms with Crippen LogP contribution in [0.2, 0.25) is 0 Å². The lowest BCUT2D eigenvalue weighted by molar-refractivity contribution is -0.150. The highest BCUT2D eigenvalue weighted by atomic mass is 35.5. The van der Waals surface area contributed by atoms with E-state index in [0.717, 1.165) is 6.42 Å². The minimum atomic E-state index is -0.679. The zero-order chi connectivity index (χ0) is 28.2. The second-order valence-electron chi connectivity index (χ2n) is 9.85. The molecular formula is C27H31ClFN7O5. The SMILES string of the molecule is CC[C@H](C)[C@H](N)C(=O)OC[C@@H]1CC(c2ccc(-c3ccc(N4C[C@H](Cn5ccnn5)OC4=O)cc3F)cn2)=NO1.Cl. The number of aromatic nitrogens is 4. The van der Waals surface area contributed by atoms with Crippen LogP contribution in [0.3, 0.4) is 0 Å². The predicted octanol–water partition coefficient (Wildman–Crippen LogP) is 3.34. The van der Waals surface area contributed by atoms with Gasteiger partial charge in [-0.3, -0.25) is 14.7 Å². The summed E-state index contributed by atoms with van der Waals surface area (Å²) >= 11 is 0. The topological polar surface area (TPSA) is 147 Å². The van der Waals surface area contributed by atoms with Gasteiger partial charge in [0.25, 0.3) is 0 Å². The highest BCUT2D eigenvalue weighted by Gasteiger charge is 2.33. The Morgan fingerprint density at radius 3 is 2.78 bits per heavy atom. The van der Waals surface area contributed by atoms with Gasteiger partial charge in [-0.2, -0.15) is 0 Å². The number of carbonyl (C=O) groups is 2. The highest BCUT2D eigenvalue weighted by molar-refractivity contribution is 5.99. The lowest BCUT2D eigenvalue weighted by Crippen LogP contribution is -2.39. The fourth-order valence-electron chi connectivity index (χ4n) is 4.42. The molecule has 0 saturated carbocycles. The molecule has 0 bridgehead atoms. The number of rotatable bonds is 10. The van der Waals surface area contributed by atoms with Gasteiger partial charge in [0.2, 0.25) is 0 Å². The Labute approximate surface area is 242 Å². The number of nitrogens with zero attached hydrogens (tertiary/aromatic N) is 6. The number of anilines is 1. The molecule has 2 aromatic heterocycles.